The van der Waals surface area contributed by atoms with Crippen LogP contribution in [0.2, 0.25) is 0 Å². The monoisotopic (exact) mass is 416 g/mol. The number of ketones is 1. The van der Waals surface area contributed by atoms with E-state index >= 15 is 0 Å². The average Bonchev–Trinajstić information content (AvgIpc) is 2.78. The second kappa shape index (κ2) is 10.7. The minimum absolute atomic E-state index is 0.0837. The Morgan fingerprint density at radius 3 is 2.39 bits per heavy atom. The van der Waals surface area contributed by atoms with Crippen LogP contribution in [0.5, 0.6) is 5.75 Å². The molecule has 0 fully saturated rings. The fraction of sp³-hybridized carbons (Fsp3) is 0.160. The van der Waals surface area contributed by atoms with Crippen molar-refractivity contribution in [2.45, 2.75) is 13.3 Å². The van der Waals surface area contributed by atoms with E-state index in [0.29, 0.717) is 29.1 Å². The third-order valence-electron chi connectivity index (χ3n) is 4.59. The second-order valence-electron chi connectivity index (χ2n) is 6.96. The average molecular weight is 416 g/mol. The van der Waals surface area contributed by atoms with Gasteiger partial charge in [-0.3, -0.25) is 14.4 Å². The molecule has 0 aliphatic rings. The number of amides is 2. The maximum absolute atomic E-state index is 12.6. The van der Waals surface area contributed by atoms with Crippen molar-refractivity contribution in [2.75, 3.05) is 18.5 Å². The molecule has 0 spiro atoms. The maximum Gasteiger partial charge on any atom is 0.262 e. The van der Waals surface area contributed by atoms with Gasteiger partial charge >= 0.3 is 0 Å². The Balaban J connectivity index is 1.55. The summed E-state index contributed by atoms with van der Waals surface area (Å²) >= 11 is 0. The standard InChI is InChI=1S/C25H24N2O4/c1-18(28)20-10-7-11-21(16-20)27-24(29)17-31-23-13-6-5-12-22(23)25(30)26-15-14-19-8-3-2-4-9-19/h2-13,16H,14-15,17H2,1H3,(H,26,30)(H,27,29). The van der Waals surface area contributed by atoms with Crippen molar-refractivity contribution in [1.29, 1.82) is 0 Å². The van der Waals surface area contributed by atoms with Crippen LogP contribution < -0.4 is 15.4 Å². The van der Waals surface area contributed by atoms with Crippen LogP contribution in [0.1, 0.15) is 33.2 Å². The topological polar surface area (TPSA) is 84.5 Å². The molecule has 2 amide bonds. The Labute approximate surface area is 181 Å². The lowest BCUT2D eigenvalue weighted by atomic mass is 10.1. The van der Waals surface area contributed by atoms with Crippen LogP contribution in [0.15, 0.2) is 78.9 Å². The first kappa shape index (κ1) is 21.8. The molecule has 0 atom stereocenters. The molecule has 0 heterocycles. The minimum atomic E-state index is -0.389. The minimum Gasteiger partial charge on any atom is -0.483 e. The zero-order chi connectivity index (χ0) is 22.1. The molecular weight excluding hydrogens is 392 g/mol. The molecular formula is C25H24N2O4. The molecule has 6 heteroatoms. The lowest BCUT2D eigenvalue weighted by molar-refractivity contribution is -0.118. The number of hydrogen-bond donors (Lipinski definition) is 2. The summed E-state index contributed by atoms with van der Waals surface area (Å²) in [5.41, 5.74) is 2.52. The van der Waals surface area contributed by atoms with Crippen LogP contribution in [0.25, 0.3) is 0 Å². The zero-order valence-corrected chi connectivity index (χ0v) is 17.3. The molecule has 2 N–H and O–H groups in total. The van der Waals surface area contributed by atoms with E-state index in [0.717, 1.165) is 12.0 Å². The highest BCUT2D eigenvalue weighted by atomic mass is 16.5. The first-order chi connectivity index (χ1) is 15.0. The van der Waals surface area contributed by atoms with Gasteiger partial charge in [0.25, 0.3) is 11.8 Å². The molecule has 0 saturated heterocycles. The first-order valence-electron chi connectivity index (χ1n) is 9.98. The number of hydrogen-bond acceptors (Lipinski definition) is 4. The number of rotatable bonds is 9. The highest BCUT2D eigenvalue weighted by molar-refractivity contribution is 5.98. The normalized spacial score (nSPS) is 10.2. The van der Waals surface area contributed by atoms with Crippen molar-refractivity contribution >= 4 is 23.3 Å². The van der Waals surface area contributed by atoms with Crippen molar-refractivity contribution in [3.63, 3.8) is 0 Å². The number of ether oxygens (including phenoxy) is 1. The Bertz CT molecular complexity index is 1060. The molecule has 6 nitrogen and oxygen atoms in total. The number of Topliss-reactive ketones (excluding diaryl/α,β-unsaturated/α-hetero) is 1. The SMILES string of the molecule is CC(=O)c1cccc(NC(=O)COc2ccccc2C(=O)NCCc2ccccc2)c1. The molecule has 0 bridgehead atoms. The summed E-state index contributed by atoms with van der Waals surface area (Å²) in [5, 5.41) is 5.57. The Morgan fingerprint density at radius 2 is 1.61 bits per heavy atom. The van der Waals surface area contributed by atoms with E-state index in [-0.39, 0.29) is 24.2 Å². The van der Waals surface area contributed by atoms with E-state index < -0.39 is 0 Å². The molecule has 3 aromatic carbocycles. The fourth-order valence-corrected chi connectivity index (χ4v) is 3.00. The highest BCUT2D eigenvalue weighted by Gasteiger charge is 2.13. The molecule has 0 radical (unpaired) electrons. The molecule has 0 aromatic heterocycles. The Hall–Kier alpha value is -3.93. The van der Waals surface area contributed by atoms with Gasteiger partial charge in [-0.1, -0.05) is 54.6 Å². The number of carbonyl (C=O) groups excluding carboxylic acids is 3. The molecule has 0 saturated carbocycles. The molecule has 158 valence electrons. The maximum atomic E-state index is 12.6. The van der Waals surface area contributed by atoms with Crippen molar-refractivity contribution in [3.05, 3.63) is 95.6 Å². The number of anilines is 1. The van der Waals surface area contributed by atoms with Crippen LogP contribution in [0.3, 0.4) is 0 Å². The van der Waals surface area contributed by atoms with Gasteiger partial charge in [-0.15, -0.1) is 0 Å². The third kappa shape index (κ3) is 6.54. The fourth-order valence-electron chi connectivity index (χ4n) is 3.00. The molecule has 0 aliphatic carbocycles. The highest BCUT2D eigenvalue weighted by Crippen LogP contribution is 2.18. The van der Waals surface area contributed by atoms with E-state index in [4.69, 9.17) is 4.74 Å². The van der Waals surface area contributed by atoms with Crippen LogP contribution in [0, 0.1) is 0 Å². The molecule has 3 rings (SSSR count). The van der Waals surface area contributed by atoms with E-state index in [9.17, 15) is 14.4 Å². The lowest BCUT2D eigenvalue weighted by Crippen LogP contribution is -2.27. The van der Waals surface area contributed by atoms with Gasteiger partial charge in [0.05, 0.1) is 5.56 Å². The summed E-state index contributed by atoms with van der Waals surface area (Å²) in [6, 6.07) is 23.3. The predicted octanol–water partition coefficient (Wildman–Crippen LogP) is 3.88. The quantitative estimate of drug-likeness (QED) is 0.519. The smallest absolute Gasteiger partial charge is 0.262 e. The number of nitrogens with one attached hydrogen (secondary N) is 2. The van der Waals surface area contributed by atoms with Gasteiger partial charge in [0.2, 0.25) is 0 Å². The summed E-state index contributed by atoms with van der Waals surface area (Å²) in [7, 11) is 0. The summed E-state index contributed by atoms with van der Waals surface area (Å²) in [6.45, 7) is 1.69. The van der Waals surface area contributed by atoms with E-state index in [1.807, 2.05) is 30.3 Å². The Morgan fingerprint density at radius 1 is 0.871 bits per heavy atom. The van der Waals surface area contributed by atoms with Gasteiger partial charge in [0, 0.05) is 17.8 Å². The van der Waals surface area contributed by atoms with E-state index in [1.165, 1.54) is 6.92 Å². The van der Waals surface area contributed by atoms with Gasteiger partial charge in [-0.05, 0) is 43.2 Å². The summed E-state index contributed by atoms with van der Waals surface area (Å²) < 4.78 is 5.59. The third-order valence-corrected chi connectivity index (χ3v) is 4.59. The second-order valence-corrected chi connectivity index (χ2v) is 6.96. The molecule has 0 aliphatic heterocycles. The zero-order valence-electron chi connectivity index (χ0n) is 17.3. The summed E-state index contributed by atoms with van der Waals surface area (Å²) in [5.74, 6) is -0.409. The van der Waals surface area contributed by atoms with E-state index in [1.54, 1.807) is 48.5 Å². The lowest BCUT2D eigenvalue weighted by Gasteiger charge is -2.12. The Kier molecular flexibility index (Phi) is 7.54. The van der Waals surface area contributed by atoms with Crippen LogP contribution in [-0.2, 0) is 11.2 Å². The number of para-hydroxylation sites is 1. The number of carbonyl (C=O) groups is 3. The van der Waals surface area contributed by atoms with Crippen LogP contribution in [0.4, 0.5) is 5.69 Å². The van der Waals surface area contributed by atoms with Crippen molar-refractivity contribution in [3.8, 4) is 5.75 Å². The largest absolute Gasteiger partial charge is 0.483 e. The van der Waals surface area contributed by atoms with Crippen molar-refractivity contribution in [1.82, 2.24) is 5.32 Å². The predicted molar refractivity (Wildman–Crippen MR) is 119 cm³/mol. The van der Waals surface area contributed by atoms with Crippen LogP contribution >= 0.6 is 0 Å². The van der Waals surface area contributed by atoms with Gasteiger partial charge in [-0.25, -0.2) is 0 Å². The van der Waals surface area contributed by atoms with E-state index in [2.05, 4.69) is 10.6 Å². The van der Waals surface area contributed by atoms with Gasteiger partial charge in [0.1, 0.15) is 5.75 Å². The number of benzene rings is 3. The summed E-state index contributed by atoms with van der Waals surface area (Å²) in [6.07, 6.45) is 0.720. The van der Waals surface area contributed by atoms with Gasteiger partial charge in [0.15, 0.2) is 12.4 Å². The molecule has 31 heavy (non-hydrogen) atoms. The van der Waals surface area contributed by atoms with Crippen molar-refractivity contribution < 1.29 is 19.1 Å². The summed E-state index contributed by atoms with van der Waals surface area (Å²) in [4.78, 5) is 36.3. The van der Waals surface area contributed by atoms with Crippen LogP contribution in [-0.4, -0.2) is 30.7 Å². The van der Waals surface area contributed by atoms with Crippen molar-refractivity contribution in [2.24, 2.45) is 0 Å². The molecule has 3 aromatic rings. The first-order valence-corrected chi connectivity index (χ1v) is 9.98. The molecule has 0 unspecified atom stereocenters. The van der Waals surface area contributed by atoms with Gasteiger partial charge in [-0.2, -0.15) is 0 Å². The van der Waals surface area contributed by atoms with Gasteiger partial charge < -0.3 is 15.4 Å².